The Hall–Kier alpha value is -1.58. The molecule has 0 atom stereocenters. The molecule has 17 heavy (non-hydrogen) atoms. The summed E-state index contributed by atoms with van der Waals surface area (Å²) >= 11 is 0. The van der Waals surface area contributed by atoms with Gasteiger partial charge >= 0.3 is 0 Å². The van der Waals surface area contributed by atoms with E-state index < -0.39 is 0 Å². The van der Waals surface area contributed by atoms with Crippen molar-refractivity contribution < 1.29 is 4.79 Å². The van der Waals surface area contributed by atoms with Crippen LogP contribution in [0.25, 0.3) is 0 Å². The monoisotopic (exact) mass is 234 g/mol. The lowest BCUT2D eigenvalue weighted by atomic mass is 10.2. The molecule has 2 rings (SSSR count). The van der Waals surface area contributed by atoms with Gasteiger partial charge in [-0.1, -0.05) is 12.8 Å². The third-order valence-corrected chi connectivity index (χ3v) is 3.25. The third-order valence-electron chi connectivity index (χ3n) is 3.25. The van der Waals surface area contributed by atoms with Crippen LogP contribution in [0.3, 0.4) is 0 Å². The molecule has 0 spiro atoms. The summed E-state index contributed by atoms with van der Waals surface area (Å²) in [5, 5.41) is 0. The minimum atomic E-state index is -0.207. The highest BCUT2D eigenvalue weighted by Crippen LogP contribution is 2.11. The molecule has 1 aliphatic heterocycles. The second-order valence-electron chi connectivity index (χ2n) is 4.54. The molecule has 0 N–H and O–H groups in total. The minimum Gasteiger partial charge on any atom is -0.338 e. The van der Waals surface area contributed by atoms with E-state index in [-0.39, 0.29) is 17.0 Å². The van der Waals surface area contributed by atoms with Gasteiger partial charge in [0.05, 0.1) is 0 Å². The number of likely N-dealkylation sites (tertiary alicyclic amines) is 1. The van der Waals surface area contributed by atoms with Crippen molar-refractivity contribution in [3.8, 4) is 0 Å². The second kappa shape index (κ2) is 5.17. The van der Waals surface area contributed by atoms with E-state index in [1.165, 1.54) is 17.4 Å². The number of amides is 1. The molecule has 1 amide bonds. The maximum Gasteiger partial charge on any atom is 0.263 e. The normalized spacial score (nSPS) is 16.6. The molecule has 4 nitrogen and oxygen atoms in total. The largest absolute Gasteiger partial charge is 0.338 e. The molecular weight excluding hydrogens is 216 g/mol. The van der Waals surface area contributed by atoms with Crippen molar-refractivity contribution in [3.63, 3.8) is 0 Å². The summed E-state index contributed by atoms with van der Waals surface area (Å²) in [6, 6.07) is 3.36. The van der Waals surface area contributed by atoms with E-state index in [1.807, 2.05) is 4.90 Å². The van der Waals surface area contributed by atoms with E-state index in [0.29, 0.717) is 0 Å². The van der Waals surface area contributed by atoms with Crippen LogP contribution in [0.1, 0.15) is 36.0 Å². The van der Waals surface area contributed by atoms with Crippen molar-refractivity contribution in [1.82, 2.24) is 9.47 Å². The Morgan fingerprint density at radius 1 is 1.18 bits per heavy atom. The number of nitrogens with zero attached hydrogens (tertiary/aromatic N) is 2. The van der Waals surface area contributed by atoms with Gasteiger partial charge in [0.15, 0.2) is 0 Å². The van der Waals surface area contributed by atoms with Gasteiger partial charge in [0.25, 0.3) is 11.5 Å². The van der Waals surface area contributed by atoms with Crippen LogP contribution >= 0.6 is 0 Å². The first-order chi connectivity index (χ1) is 8.20. The lowest BCUT2D eigenvalue weighted by Crippen LogP contribution is -2.36. The average Bonchev–Trinajstić information content (AvgIpc) is 2.60. The number of carbonyl (C=O) groups excluding carboxylic acids is 1. The molecule has 0 bridgehead atoms. The quantitative estimate of drug-likeness (QED) is 0.737. The fraction of sp³-hybridized carbons (Fsp3) is 0.538. The van der Waals surface area contributed by atoms with Gasteiger partial charge in [-0.05, 0) is 25.0 Å². The van der Waals surface area contributed by atoms with E-state index in [0.717, 1.165) is 25.9 Å². The molecule has 0 unspecified atom stereocenters. The SMILES string of the molecule is Cn1cccc(C(=O)N2CCCCCC2)c1=O. The van der Waals surface area contributed by atoms with Crippen LogP contribution in [0, 0.1) is 0 Å². The summed E-state index contributed by atoms with van der Waals surface area (Å²) in [5.41, 5.74) is 0.0821. The fourth-order valence-corrected chi connectivity index (χ4v) is 2.20. The predicted molar refractivity (Wildman–Crippen MR) is 66.1 cm³/mol. The molecule has 92 valence electrons. The number of rotatable bonds is 1. The number of hydrogen-bond acceptors (Lipinski definition) is 2. The topological polar surface area (TPSA) is 42.3 Å². The summed E-state index contributed by atoms with van der Waals surface area (Å²) in [7, 11) is 1.67. The van der Waals surface area contributed by atoms with Gasteiger partial charge in [-0.2, -0.15) is 0 Å². The van der Waals surface area contributed by atoms with Crippen LogP contribution in [0.5, 0.6) is 0 Å². The molecule has 0 aliphatic carbocycles. The number of hydrogen-bond donors (Lipinski definition) is 0. The van der Waals surface area contributed by atoms with Crippen LogP contribution in [0.15, 0.2) is 23.1 Å². The van der Waals surface area contributed by atoms with Crippen molar-refractivity contribution in [2.75, 3.05) is 13.1 Å². The summed E-state index contributed by atoms with van der Waals surface area (Å²) in [6.07, 6.45) is 6.10. The van der Waals surface area contributed by atoms with Crippen molar-refractivity contribution in [3.05, 3.63) is 34.2 Å². The van der Waals surface area contributed by atoms with Gasteiger partial charge in [0.1, 0.15) is 5.56 Å². The average molecular weight is 234 g/mol. The lowest BCUT2D eigenvalue weighted by molar-refractivity contribution is 0.0759. The molecule has 0 radical (unpaired) electrons. The van der Waals surface area contributed by atoms with Gasteiger partial charge in [-0.15, -0.1) is 0 Å². The van der Waals surface area contributed by atoms with Gasteiger partial charge in [-0.3, -0.25) is 9.59 Å². The molecule has 1 aromatic rings. The molecular formula is C13H18N2O2. The van der Waals surface area contributed by atoms with Crippen molar-refractivity contribution >= 4 is 5.91 Å². The molecule has 2 heterocycles. The first-order valence-electron chi connectivity index (χ1n) is 6.15. The van der Waals surface area contributed by atoms with Crippen LogP contribution in [0.4, 0.5) is 0 Å². The van der Waals surface area contributed by atoms with Gasteiger partial charge in [0.2, 0.25) is 0 Å². The van der Waals surface area contributed by atoms with Crippen LogP contribution in [0.2, 0.25) is 0 Å². The molecule has 0 saturated carbocycles. The molecule has 1 fully saturated rings. The summed E-state index contributed by atoms with van der Waals surface area (Å²) in [5.74, 6) is -0.117. The number of aryl methyl sites for hydroxylation is 1. The maximum atomic E-state index is 12.2. The molecule has 1 aliphatic rings. The molecule has 1 saturated heterocycles. The highest BCUT2D eigenvalue weighted by atomic mass is 16.2. The Morgan fingerprint density at radius 2 is 1.82 bits per heavy atom. The number of aromatic nitrogens is 1. The molecule has 0 aromatic carbocycles. The van der Waals surface area contributed by atoms with E-state index in [4.69, 9.17) is 0 Å². The van der Waals surface area contributed by atoms with Gasteiger partial charge in [0, 0.05) is 26.3 Å². The number of carbonyl (C=O) groups is 1. The van der Waals surface area contributed by atoms with Crippen molar-refractivity contribution in [2.45, 2.75) is 25.7 Å². The minimum absolute atomic E-state index is 0.117. The first kappa shape index (κ1) is 11.9. The third kappa shape index (κ3) is 2.57. The van der Waals surface area contributed by atoms with Gasteiger partial charge in [-0.25, -0.2) is 0 Å². The zero-order valence-corrected chi connectivity index (χ0v) is 10.2. The Bertz CT molecular complexity index is 457. The van der Waals surface area contributed by atoms with Crippen LogP contribution in [-0.2, 0) is 7.05 Å². The van der Waals surface area contributed by atoms with Crippen LogP contribution in [-0.4, -0.2) is 28.5 Å². The summed E-state index contributed by atoms with van der Waals surface area (Å²) < 4.78 is 1.45. The first-order valence-corrected chi connectivity index (χ1v) is 6.15. The zero-order chi connectivity index (χ0) is 12.3. The van der Waals surface area contributed by atoms with Crippen molar-refractivity contribution in [2.24, 2.45) is 7.05 Å². The zero-order valence-electron chi connectivity index (χ0n) is 10.2. The smallest absolute Gasteiger partial charge is 0.263 e. The van der Waals surface area contributed by atoms with E-state index in [2.05, 4.69) is 0 Å². The van der Waals surface area contributed by atoms with Gasteiger partial charge < -0.3 is 9.47 Å². The lowest BCUT2D eigenvalue weighted by Gasteiger charge is -2.20. The van der Waals surface area contributed by atoms with E-state index in [9.17, 15) is 9.59 Å². The Morgan fingerprint density at radius 3 is 2.47 bits per heavy atom. The molecule has 1 aromatic heterocycles. The maximum absolute atomic E-state index is 12.2. The highest BCUT2D eigenvalue weighted by Gasteiger charge is 2.19. The number of pyridine rings is 1. The Kier molecular flexibility index (Phi) is 3.61. The summed E-state index contributed by atoms with van der Waals surface area (Å²) in [6.45, 7) is 1.55. The van der Waals surface area contributed by atoms with E-state index >= 15 is 0 Å². The Balaban J connectivity index is 2.24. The standard InChI is InChI=1S/C13H18N2O2/c1-14-8-6-7-11(12(14)16)13(17)15-9-4-2-3-5-10-15/h6-8H,2-5,9-10H2,1H3. The predicted octanol–water partition coefficient (Wildman–Crippen LogP) is 1.40. The highest BCUT2D eigenvalue weighted by molar-refractivity contribution is 5.93. The Labute approximate surface area is 101 Å². The van der Waals surface area contributed by atoms with Crippen LogP contribution < -0.4 is 5.56 Å². The van der Waals surface area contributed by atoms with Crippen molar-refractivity contribution in [1.29, 1.82) is 0 Å². The second-order valence-corrected chi connectivity index (χ2v) is 4.54. The fourth-order valence-electron chi connectivity index (χ4n) is 2.20. The molecule has 4 heteroatoms. The summed E-state index contributed by atoms with van der Waals surface area (Å²) in [4.78, 5) is 25.9. The van der Waals surface area contributed by atoms with E-state index in [1.54, 1.807) is 25.4 Å².